The quantitative estimate of drug-likeness (QED) is 0.908. The van der Waals surface area contributed by atoms with Gasteiger partial charge in [0.15, 0.2) is 11.6 Å². The zero-order valence-corrected chi connectivity index (χ0v) is 14.0. The number of pyridine rings is 1. The molecule has 2 fully saturated rings. The van der Waals surface area contributed by atoms with Gasteiger partial charge >= 0.3 is 0 Å². The molecule has 1 atom stereocenters. The van der Waals surface area contributed by atoms with Crippen LogP contribution < -0.4 is 10.2 Å². The van der Waals surface area contributed by atoms with E-state index in [4.69, 9.17) is 4.74 Å². The molecule has 3 heterocycles. The Balaban J connectivity index is 1.52. The minimum atomic E-state index is -0.857. The number of hydrogen-bond donors (Lipinski definition) is 1. The summed E-state index contributed by atoms with van der Waals surface area (Å²) in [5.74, 6) is -1.70. The third-order valence-electron chi connectivity index (χ3n) is 5.03. The second-order valence-corrected chi connectivity index (χ2v) is 6.82. The van der Waals surface area contributed by atoms with Crippen molar-refractivity contribution >= 4 is 5.69 Å². The van der Waals surface area contributed by atoms with E-state index < -0.39 is 11.6 Å². The lowest BCUT2D eigenvalue weighted by atomic mass is 9.88. The number of rotatable bonds is 2. The van der Waals surface area contributed by atoms with E-state index in [0.29, 0.717) is 11.3 Å². The molecule has 1 aromatic heterocycles. The van der Waals surface area contributed by atoms with Gasteiger partial charge < -0.3 is 15.0 Å². The second kappa shape index (κ2) is 6.69. The third-order valence-corrected chi connectivity index (χ3v) is 5.03. The van der Waals surface area contributed by atoms with E-state index in [1.165, 1.54) is 6.07 Å². The fourth-order valence-corrected chi connectivity index (χ4v) is 3.72. The lowest BCUT2D eigenvalue weighted by Gasteiger charge is -2.46. The van der Waals surface area contributed by atoms with Crippen molar-refractivity contribution in [1.29, 1.82) is 0 Å². The molecule has 0 saturated carbocycles. The molecule has 1 spiro atoms. The molecule has 0 amide bonds. The molecule has 0 radical (unpaired) electrons. The predicted octanol–water partition coefficient (Wildman–Crippen LogP) is 2.99. The maximum Gasteiger partial charge on any atom is 0.159 e. The van der Waals surface area contributed by atoms with Gasteiger partial charge in [0.2, 0.25) is 0 Å². The van der Waals surface area contributed by atoms with Crippen molar-refractivity contribution in [2.75, 3.05) is 37.7 Å². The number of anilines is 1. The Labute approximate surface area is 145 Å². The minimum absolute atomic E-state index is 0.0231. The first kappa shape index (κ1) is 16.4. The van der Waals surface area contributed by atoms with E-state index in [1.807, 2.05) is 12.1 Å². The van der Waals surface area contributed by atoms with Gasteiger partial charge in [0.05, 0.1) is 36.3 Å². The molecule has 25 heavy (non-hydrogen) atoms. The maximum absolute atomic E-state index is 13.4. The van der Waals surface area contributed by atoms with Crippen molar-refractivity contribution in [3.8, 4) is 11.3 Å². The maximum atomic E-state index is 13.4. The fraction of sp³-hybridized carbons (Fsp3) is 0.421. The molecule has 2 aliphatic rings. The van der Waals surface area contributed by atoms with Crippen LogP contribution in [0.3, 0.4) is 0 Å². The van der Waals surface area contributed by atoms with Crippen LogP contribution in [0.2, 0.25) is 0 Å². The predicted molar refractivity (Wildman–Crippen MR) is 92.6 cm³/mol. The SMILES string of the molecule is Fc1ccc(-c2ccc(N3CCCC4(COCCN4)C3)cn2)cc1F. The molecule has 0 bridgehead atoms. The fourth-order valence-electron chi connectivity index (χ4n) is 3.72. The van der Waals surface area contributed by atoms with Crippen LogP contribution in [0.1, 0.15) is 12.8 Å². The Morgan fingerprint density at radius 1 is 1.16 bits per heavy atom. The zero-order chi connectivity index (χ0) is 17.3. The lowest BCUT2D eigenvalue weighted by Crippen LogP contribution is -2.62. The lowest BCUT2D eigenvalue weighted by molar-refractivity contribution is 0.0205. The summed E-state index contributed by atoms with van der Waals surface area (Å²) in [4.78, 5) is 6.76. The zero-order valence-electron chi connectivity index (χ0n) is 14.0. The number of hydrogen-bond acceptors (Lipinski definition) is 4. The summed E-state index contributed by atoms with van der Waals surface area (Å²) >= 11 is 0. The van der Waals surface area contributed by atoms with Crippen LogP contribution in [0.15, 0.2) is 36.5 Å². The van der Waals surface area contributed by atoms with Gasteiger partial charge in [-0.05, 0) is 43.2 Å². The molecular formula is C19H21F2N3O. The van der Waals surface area contributed by atoms with Gasteiger partial charge in [0.25, 0.3) is 0 Å². The van der Waals surface area contributed by atoms with Gasteiger partial charge in [-0.3, -0.25) is 4.98 Å². The van der Waals surface area contributed by atoms with Crippen LogP contribution in [-0.4, -0.2) is 43.4 Å². The molecule has 4 rings (SSSR count). The summed E-state index contributed by atoms with van der Waals surface area (Å²) < 4.78 is 32.2. The molecule has 2 aromatic rings. The first-order valence-corrected chi connectivity index (χ1v) is 8.64. The highest BCUT2D eigenvalue weighted by atomic mass is 19.2. The summed E-state index contributed by atoms with van der Waals surface area (Å²) in [6, 6.07) is 7.69. The molecular weight excluding hydrogens is 324 g/mol. The van der Waals surface area contributed by atoms with E-state index in [1.54, 1.807) is 12.3 Å². The Kier molecular flexibility index (Phi) is 4.39. The molecule has 132 valence electrons. The monoisotopic (exact) mass is 345 g/mol. The van der Waals surface area contributed by atoms with Crippen LogP contribution in [0.4, 0.5) is 14.5 Å². The van der Waals surface area contributed by atoms with Gasteiger partial charge in [0, 0.05) is 25.2 Å². The second-order valence-electron chi connectivity index (χ2n) is 6.82. The first-order chi connectivity index (χ1) is 12.2. The number of nitrogens with zero attached hydrogens (tertiary/aromatic N) is 2. The number of aromatic nitrogens is 1. The molecule has 1 unspecified atom stereocenters. The minimum Gasteiger partial charge on any atom is -0.378 e. The molecule has 1 N–H and O–H groups in total. The number of piperidine rings is 1. The average molecular weight is 345 g/mol. The summed E-state index contributed by atoms with van der Waals surface area (Å²) in [6.45, 7) is 4.27. The van der Waals surface area contributed by atoms with Crippen LogP contribution in [0.25, 0.3) is 11.3 Å². The number of benzene rings is 1. The highest BCUT2D eigenvalue weighted by Crippen LogP contribution is 2.28. The van der Waals surface area contributed by atoms with E-state index in [2.05, 4.69) is 15.2 Å². The number of ether oxygens (including phenoxy) is 1. The van der Waals surface area contributed by atoms with Crippen molar-refractivity contribution in [3.63, 3.8) is 0 Å². The Morgan fingerprint density at radius 3 is 2.80 bits per heavy atom. The topological polar surface area (TPSA) is 37.4 Å². The normalized spacial score (nSPS) is 23.8. The highest BCUT2D eigenvalue weighted by Gasteiger charge is 2.37. The number of nitrogens with one attached hydrogen (secondary N) is 1. The van der Waals surface area contributed by atoms with Crippen LogP contribution in [0.5, 0.6) is 0 Å². The van der Waals surface area contributed by atoms with Gasteiger partial charge in [-0.25, -0.2) is 8.78 Å². The van der Waals surface area contributed by atoms with Crippen molar-refractivity contribution < 1.29 is 13.5 Å². The van der Waals surface area contributed by atoms with Gasteiger partial charge in [0.1, 0.15) is 0 Å². The summed E-state index contributed by atoms with van der Waals surface area (Å²) in [6.07, 6.45) is 4.02. The first-order valence-electron chi connectivity index (χ1n) is 8.64. The Bertz CT molecular complexity index is 739. The molecule has 4 nitrogen and oxygen atoms in total. The summed E-state index contributed by atoms with van der Waals surface area (Å²) in [5, 5.41) is 3.62. The molecule has 2 saturated heterocycles. The molecule has 1 aromatic carbocycles. The van der Waals surface area contributed by atoms with E-state index in [0.717, 1.165) is 57.4 Å². The smallest absolute Gasteiger partial charge is 0.159 e. The Morgan fingerprint density at radius 2 is 2.08 bits per heavy atom. The summed E-state index contributed by atoms with van der Waals surface area (Å²) in [7, 11) is 0. The number of morpholine rings is 1. The molecule has 0 aliphatic carbocycles. The molecule has 2 aliphatic heterocycles. The van der Waals surface area contributed by atoms with Crippen LogP contribution in [-0.2, 0) is 4.74 Å². The van der Waals surface area contributed by atoms with Gasteiger partial charge in [-0.1, -0.05) is 0 Å². The Hall–Kier alpha value is -2.05. The standard InChI is InChI=1S/C19H21F2N3O/c20-16-4-2-14(10-17(16)21)18-5-3-15(11-22-18)24-8-1-6-19(12-24)13-25-9-7-23-19/h2-5,10-11,23H,1,6-9,12-13H2. The van der Waals surface area contributed by atoms with E-state index in [9.17, 15) is 8.78 Å². The average Bonchev–Trinajstić information content (AvgIpc) is 2.65. The van der Waals surface area contributed by atoms with Crippen molar-refractivity contribution in [2.45, 2.75) is 18.4 Å². The number of halogens is 2. The van der Waals surface area contributed by atoms with Crippen LogP contribution in [0, 0.1) is 11.6 Å². The largest absolute Gasteiger partial charge is 0.378 e. The van der Waals surface area contributed by atoms with Crippen LogP contribution >= 0.6 is 0 Å². The van der Waals surface area contributed by atoms with Crippen molar-refractivity contribution in [2.24, 2.45) is 0 Å². The van der Waals surface area contributed by atoms with E-state index >= 15 is 0 Å². The van der Waals surface area contributed by atoms with Crippen molar-refractivity contribution in [1.82, 2.24) is 10.3 Å². The van der Waals surface area contributed by atoms with Gasteiger partial charge in [-0.15, -0.1) is 0 Å². The molecule has 6 heteroatoms. The van der Waals surface area contributed by atoms with Crippen molar-refractivity contribution in [3.05, 3.63) is 48.2 Å². The van der Waals surface area contributed by atoms with E-state index in [-0.39, 0.29) is 5.54 Å². The van der Waals surface area contributed by atoms with Gasteiger partial charge in [-0.2, -0.15) is 0 Å². The summed E-state index contributed by atoms with van der Waals surface area (Å²) in [5.41, 5.74) is 2.27. The highest BCUT2D eigenvalue weighted by molar-refractivity contribution is 5.61. The third kappa shape index (κ3) is 3.37.